The molecule has 2 heterocycles. The largest absolute Gasteiger partial charge is 0.480 e. The van der Waals surface area contributed by atoms with Gasteiger partial charge in [-0.1, -0.05) is 63.5 Å². The van der Waals surface area contributed by atoms with Crippen molar-refractivity contribution in [2.45, 2.75) is 26.1 Å². The van der Waals surface area contributed by atoms with Gasteiger partial charge in [0.25, 0.3) is 0 Å². The van der Waals surface area contributed by atoms with E-state index < -0.39 is 17.9 Å². The van der Waals surface area contributed by atoms with Gasteiger partial charge in [-0.2, -0.15) is 28.2 Å². The molecule has 0 aliphatic carbocycles. The number of halogens is 3. The molecule has 0 aliphatic rings. The lowest BCUT2D eigenvalue weighted by Gasteiger charge is -2.15. The summed E-state index contributed by atoms with van der Waals surface area (Å²) in [7, 11) is 2.51. The van der Waals surface area contributed by atoms with Crippen molar-refractivity contribution in [2.75, 3.05) is 14.2 Å². The second-order valence-electron chi connectivity index (χ2n) is 5.39. The number of ether oxygens (including phenoxy) is 2. The van der Waals surface area contributed by atoms with E-state index in [0.717, 1.165) is 4.68 Å². The molecule has 0 amide bonds. The molecule has 1 atom stereocenters. The van der Waals surface area contributed by atoms with E-state index in [0.29, 0.717) is 5.57 Å². The van der Waals surface area contributed by atoms with Crippen molar-refractivity contribution in [3.63, 3.8) is 0 Å². The number of hydrogen-bond acceptors (Lipinski definition) is 5. The molecule has 0 bridgehead atoms. The molecule has 0 saturated heterocycles. The minimum absolute atomic E-state index is 0.108. The molecule has 30 heavy (non-hydrogen) atoms. The highest BCUT2D eigenvalue weighted by Gasteiger charge is 2.40. The van der Waals surface area contributed by atoms with Crippen LogP contribution in [0.1, 0.15) is 25.6 Å². The number of alkyl halides is 3. The average molecular weight is 422 g/mol. The molecular weight excluding hydrogens is 397 g/mol. The van der Waals surface area contributed by atoms with E-state index in [4.69, 9.17) is 9.47 Å². The molecule has 2 rings (SSSR count). The zero-order chi connectivity index (χ0) is 22.9. The molecule has 0 spiro atoms. The number of rotatable bonds is 8. The van der Waals surface area contributed by atoms with Crippen LogP contribution in [0.4, 0.5) is 13.2 Å². The second-order valence-corrected chi connectivity index (χ2v) is 5.39. The van der Waals surface area contributed by atoms with Gasteiger partial charge in [-0.3, -0.25) is 0 Å². The van der Waals surface area contributed by atoms with Gasteiger partial charge in [0.05, 0.1) is 20.3 Å². The molecule has 6 nitrogen and oxygen atoms in total. The van der Waals surface area contributed by atoms with E-state index in [1.54, 1.807) is 18.2 Å². The predicted molar refractivity (Wildman–Crippen MR) is 112 cm³/mol. The van der Waals surface area contributed by atoms with Crippen LogP contribution >= 0.6 is 0 Å². The molecule has 0 fully saturated rings. The molecule has 0 saturated carbocycles. The first-order chi connectivity index (χ1) is 14.3. The third-order valence-electron chi connectivity index (χ3n) is 3.71. The van der Waals surface area contributed by atoms with E-state index in [2.05, 4.69) is 34.8 Å². The first kappa shape index (κ1) is 24.7. The summed E-state index contributed by atoms with van der Waals surface area (Å²) in [5, 5.41) is 3.41. The summed E-state index contributed by atoms with van der Waals surface area (Å²) in [6.07, 6.45) is 4.66. The van der Waals surface area contributed by atoms with Gasteiger partial charge in [0.2, 0.25) is 5.88 Å². The lowest BCUT2D eigenvalue weighted by Crippen LogP contribution is -2.13. The van der Waals surface area contributed by atoms with Gasteiger partial charge in [0, 0.05) is 0 Å². The van der Waals surface area contributed by atoms with Crippen LogP contribution < -0.4 is 9.47 Å². The Morgan fingerprint density at radius 1 is 1.07 bits per heavy atom. The Kier molecular flexibility index (Phi) is 9.04. The van der Waals surface area contributed by atoms with Crippen LogP contribution in [0.15, 0.2) is 61.8 Å². The van der Waals surface area contributed by atoms with E-state index in [-0.39, 0.29) is 22.9 Å². The first-order valence-electron chi connectivity index (χ1n) is 9.02. The van der Waals surface area contributed by atoms with E-state index >= 15 is 0 Å². The Morgan fingerprint density at radius 2 is 1.73 bits per heavy atom. The van der Waals surface area contributed by atoms with Crippen LogP contribution in [0.2, 0.25) is 0 Å². The normalized spacial score (nSPS) is 12.8. The highest BCUT2D eigenvalue weighted by atomic mass is 19.4. The Labute approximate surface area is 173 Å². The summed E-state index contributed by atoms with van der Waals surface area (Å²) in [6, 6.07) is -0.935. The van der Waals surface area contributed by atoms with Crippen molar-refractivity contribution < 1.29 is 22.6 Å². The Bertz CT molecular complexity index is 959. The molecule has 2 aromatic rings. The van der Waals surface area contributed by atoms with Crippen molar-refractivity contribution >= 4 is 11.0 Å². The lowest BCUT2D eigenvalue weighted by atomic mass is 10.1. The number of hydrogen-bond donors (Lipinski definition) is 0. The average Bonchev–Trinajstić information content (AvgIpc) is 3.13. The van der Waals surface area contributed by atoms with Crippen molar-refractivity contribution in [1.82, 2.24) is 19.7 Å². The molecule has 9 heteroatoms. The van der Waals surface area contributed by atoms with Crippen LogP contribution in [0.3, 0.4) is 0 Å². The summed E-state index contributed by atoms with van der Waals surface area (Å²) in [6.45, 7) is 15.0. The number of nitrogens with zero attached hydrogens (tertiary/aromatic N) is 4. The van der Waals surface area contributed by atoms with Gasteiger partial charge in [-0.15, -0.1) is 6.58 Å². The molecule has 0 N–H and O–H groups in total. The number of aromatic nitrogens is 4. The molecule has 0 aliphatic heterocycles. The fourth-order valence-electron chi connectivity index (χ4n) is 2.56. The maximum Gasteiger partial charge on any atom is 0.436 e. The topological polar surface area (TPSA) is 62.1 Å². The Hall–Kier alpha value is -3.36. The summed E-state index contributed by atoms with van der Waals surface area (Å²) >= 11 is 0. The molecular formula is C21H25F3N4O2. The third kappa shape index (κ3) is 5.16. The Morgan fingerprint density at radius 3 is 2.20 bits per heavy atom. The molecule has 0 radical (unpaired) electrons. The highest BCUT2D eigenvalue weighted by Crippen LogP contribution is 2.39. The second kappa shape index (κ2) is 11.0. The fourth-order valence-corrected chi connectivity index (χ4v) is 2.56. The van der Waals surface area contributed by atoms with Crippen LogP contribution in [-0.2, 0) is 6.18 Å². The number of methoxy groups -OCH3 is 2. The predicted octanol–water partition coefficient (Wildman–Crippen LogP) is 5.47. The van der Waals surface area contributed by atoms with Crippen LogP contribution in [0.5, 0.6) is 11.9 Å². The first-order valence-corrected chi connectivity index (χ1v) is 9.02. The van der Waals surface area contributed by atoms with Crippen molar-refractivity contribution in [3.05, 3.63) is 67.5 Å². The summed E-state index contributed by atoms with van der Waals surface area (Å²) < 4.78 is 52.1. The molecule has 0 aromatic carbocycles. The smallest absolute Gasteiger partial charge is 0.436 e. The van der Waals surface area contributed by atoms with Crippen molar-refractivity contribution in [1.29, 1.82) is 0 Å². The highest BCUT2D eigenvalue weighted by molar-refractivity contribution is 5.85. The van der Waals surface area contributed by atoms with Crippen molar-refractivity contribution in [2.24, 2.45) is 0 Å². The third-order valence-corrected chi connectivity index (χ3v) is 3.71. The zero-order valence-electron chi connectivity index (χ0n) is 17.4. The van der Waals surface area contributed by atoms with Gasteiger partial charge in [-0.05, 0) is 5.57 Å². The monoisotopic (exact) mass is 422 g/mol. The quantitative estimate of drug-likeness (QED) is 0.417. The van der Waals surface area contributed by atoms with Gasteiger partial charge in [0.15, 0.2) is 11.3 Å². The minimum atomic E-state index is -4.75. The lowest BCUT2D eigenvalue weighted by molar-refractivity contribution is -0.140. The summed E-state index contributed by atoms with van der Waals surface area (Å²) in [5.74, 6) is -0.292. The maximum absolute atomic E-state index is 13.6. The molecule has 162 valence electrons. The van der Waals surface area contributed by atoms with E-state index in [9.17, 15) is 13.2 Å². The van der Waals surface area contributed by atoms with Crippen LogP contribution in [0, 0.1) is 0 Å². The summed E-state index contributed by atoms with van der Waals surface area (Å²) in [4.78, 5) is 7.92. The summed E-state index contributed by atoms with van der Waals surface area (Å²) in [5.41, 5.74) is -0.707. The standard InChI is InChI=1S/C19H19F3N4O2.C2H6/c1-6-9-11-12(10-7-2)13(8-3)26-16-14(15(25-26)19(20,21)22)17(27-4)24-18(23-16)28-5;1-2/h6-11,13H,1-3H2,4-5H3;1-2H3/b11-9-,12-10+;. The number of allylic oxidation sites excluding steroid dienone is 7. The Balaban J connectivity index is 0.00000218. The number of fused-ring (bicyclic) bond motifs is 1. The minimum Gasteiger partial charge on any atom is -0.480 e. The SMILES string of the molecule is C=C/C=C\C(=C/C=C)C(C=C)n1nc(C(F)(F)F)c2c(OC)nc(OC)nc21.CC. The van der Waals surface area contributed by atoms with Gasteiger partial charge in [0.1, 0.15) is 5.39 Å². The van der Waals surface area contributed by atoms with Gasteiger partial charge in [-0.25, -0.2) is 4.68 Å². The van der Waals surface area contributed by atoms with E-state index in [1.807, 2.05) is 13.8 Å². The molecule has 1 unspecified atom stereocenters. The van der Waals surface area contributed by atoms with Gasteiger partial charge >= 0.3 is 12.2 Å². The van der Waals surface area contributed by atoms with Crippen LogP contribution in [0.25, 0.3) is 11.0 Å². The van der Waals surface area contributed by atoms with E-state index in [1.165, 1.54) is 32.4 Å². The fraction of sp³-hybridized carbons (Fsp3) is 0.286. The zero-order valence-corrected chi connectivity index (χ0v) is 17.4. The van der Waals surface area contributed by atoms with Crippen LogP contribution in [-0.4, -0.2) is 34.0 Å². The molecule has 2 aromatic heterocycles. The van der Waals surface area contributed by atoms with Gasteiger partial charge < -0.3 is 9.47 Å². The maximum atomic E-state index is 13.6. The van der Waals surface area contributed by atoms with Crippen molar-refractivity contribution in [3.8, 4) is 11.9 Å².